The number of hydrogen-bond acceptors (Lipinski definition) is 1. The van der Waals surface area contributed by atoms with Gasteiger partial charge in [0.1, 0.15) is 0 Å². The van der Waals surface area contributed by atoms with E-state index in [0.29, 0.717) is 6.04 Å². The third kappa shape index (κ3) is 3.93. The molecule has 2 aromatic rings. The van der Waals surface area contributed by atoms with Gasteiger partial charge in [-0.15, -0.1) is 0 Å². The molecule has 0 aliphatic carbocycles. The molecular weight excluding hydrogens is 230 g/mol. The summed E-state index contributed by atoms with van der Waals surface area (Å²) in [5.41, 5.74) is 5.47. The number of rotatable bonds is 5. The molecule has 0 aliphatic rings. The molecule has 1 atom stereocenters. The van der Waals surface area contributed by atoms with Crippen molar-refractivity contribution in [3.63, 3.8) is 0 Å². The van der Waals surface area contributed by atoms with Gasteiger partial charge in [-0.3, -0.25) is 0 Å². The first-order valence-corrected chi connectivity index (χ1v) is 7.04. The van der Waals surface area contributed by atoms with Crippen LogP contribution >= 0.6 is 0 Å². The summed E-state index contributed by atoms with van der Waals surface area (Å²) < 4.78 is 0. The molecule has 0 bridgehead atoms. The highest BCUT2D eigenvalue weighted by atomic mass is 14.9. The lowest BCUT2D eigenvalue weighted by Gasteiger charge is -2.19. The fourth-order valence-corrected chi connectivity index (χ4v) is 2.66. The van der Waals surface area contributed by atoms with Crippen LogP contribution in [0.15, 0.2) is 48.5 Å². The van der Waals surface area contributed by atoms with Gasteiger partial charge in [0.2, 0.25) is 0 Å². The monoisotopic (exact) mass is 253 g/mol. The van der Waals surface area contributed by atoms with Crippen molar-refractivity contribution >= 4 is 0 Å². The second-order valence-corrected chi connectivity index (χ2v) is 5.22. The van der Waals surface area contributed by atoms with Gasteiger partial charge in [0.05, 0.1) is 0 Å². The number of nitrogens with one attached hydrogen (secondary N) is 1. The average Bonchev–Trinajstić information content (AvgIpc) is 2.38. The van der Waals surface area contributed by atoms with Gasteiger partial charge in [0.15, 0.2) is 0 Å². The molecule has 1 N–H and O–H groups in total. The Bertz CT molecular complexity index is 496. The quantitative estimate of drug-likeness (QED) is 0.842. The molecule has 1 unspecified atom stereocenters. The van der Waals surface area contributed by atoms with Crippen LogP contribution in [0.4, 0.5) is 0 Å². The Morgan fingerprint density at radius 3 is 2.16 bits per heavy atom. The molecule has 0 amide bonds. The van der Waals surface area contributed by atoms with Crippen LogP contribution in [0.5, 0.6) is 0 Å². The van der Waals surface area contributed by atoms with Crippen LogP contribution in [-0.2, 0) is 6.42 Å². The summed E-state index contributed by atoms with van der Waals surface area (Å²) in [7, 11) is 0. The molecule has 0 aromatic heterocycles. The zero-order valence-electron chi connectivity index (χ0n) is 12.1. The van der Waals surface area contributed by atoms with Gasteiger partial charge in [0, 0.05) is 6.04 Å². The molecule has 0 aliphatic heterocycles. The number of hydrogen-bond donors (Lipinski definition) is 1. The highest BCUT2D eigenvalue weighted by Gasteiger charge is 2.11. The predicted octanol–water partition coefficient (Wildman–Crippen LogP) is 4.20. The Kier molecular flexibility index (Phi) is 4.75. The molecule has 0 fully saturated rings. The third-order valence-electron chi connectivity index (χ3n) is 3.37. The summed E-state index contributed by atoms with van der Waals surface area (Å²) in [5, 5.41) is 3.59. The maximum atomic E-state index is 3.59. The molecule has 2 rings (SSSR count). The number of benzene rings is 2. The molecule has 0 heterocycles. The van der Waals surface area contributed by atoms with Crippen LogP contribution in [0.3, 0.4) is 0 Å². The van der Waals surface area contributed by atoms with Crippen LogP contribution in [0.1, 0.15) is 35.2 Å². The van der Waals surface area contributed by atoms with E-state index >= 15 is 0 Å². The van der Waals surface area contributed by atoms with Crippen LogP contribution < -0.4 is 5.32 Å². The van der Waals surface area contributed by atoms with E-state index in [9.17, 15) is 0 Å². The van der Waals surface area contributed by atoms with Gasteiger partial charge >= 0.3 is 0 Å². The Morgan fingerprint density at radius 2 is 1.58 bits per heavy atom. The zero-order valence-corrected chi connectivity index (χ0v) is 12.1. The first-order valence-electron chi connectivity index (χ1n) is 7.04. The van der Waals surface area contributed by atoms with Gasteiger partial charge in [-0.05, 0) is 37.9 Å². The molecule has 1 heteroatoms. The van der Waals surface area contributed by atoms with Crippen LogP contribution in [0, 0.1) is 13.8 Å². The van der Waals surface area contributed by atoms with E-state index in [1.165, 1.54) is 22.3 Å². The molecule has 0 radical (unpaired) electrons. The predicted molar refractivity (Wildman–Crippen MR) is 82.5 cm³/mol. The minimum absolute atomic E-state index is 0.396. The average molecular weight is 253 g/mol. The lowest BCUT2D eigenvalue weighted by Crippen LogP contribution is -2.22. The molecule has 0 saturated carbocycles. The fraction of sp³-hybridized carbons (Fsp3) is 0.333. The van der Waals surface area contributed by atoms with E-state index in [-0.39, 0.29) is 0 Å². The topological polar surface area (TPSA) is 12.0 Å². The van der Waals surface area contributed by atoms with E-state index in [1.807, 2.05) is 0 Å². The molecule has 0 spiro atoms. The van der Waals surface area contributed by atoms with E-state index in [2.05, 4.69) is 74.6 Å². The van der Waals surface area contributed by atoms with E-state index in [1.54, 1.807) is 0 Å². The molecule has 19 heavy (non-hydrogen) atoms. The first kappa shape index (κ1) is 13.8. The minimum atomic E-state index is 0.396. The highest BCUT2D eigenvalue weighted by Crippen LogP contribution is 2.20. The summed E-state index contributed by atoms with van der Waals surface area (Å²) in [6, 6.07) is 17.9. The minimum Gasteiger partial charge on any atom is -0.310 e. The molecule has 2 aromatic carbocycles. The second-order valence-electron chi connectivity index (χ2n) is 5.22. The number of likely N-dealkylation sites (N-methyl/N-ethyl adjacent to an activating group) is 1. The number of aryl methyl sites for hydroxylation is 2. The van der Waals surface area contributed by atoms with Gasteiger partial charge < -0.3 is 5.32 Å². The maximum absolute atomic E-state index is 3.59. The summed E-state index contributed by atoms with van der Waals surface area (Å²) >= 11 is 0. The summed E-state index contributed by atoms with van der Waals surface area (Å²) in [6.07, 6.45) is 1.04. The van der Waals surface area contributed by atoms with Crippen LogP contribution in [0.2, 0.25) is 0 Å². The van der Waals surface area contributed by atoms with Gasteiger partial charge in [-0.2, -0.15) is 0 Å². The van der Waals surface area contributed by atoms with Crippen molar-refractivity contribution in [2.75, 3.05) is 6.54 Å². The van der Waals surface area contributed by atoms with E-state index in [4.69, 9.17) is 0 Å². The fourth-order valence-electron chi connectivity index (χ4n) is 2.66. The summed E-state index contributed by atoms with van der Waals surface area (Å²) in [5.74, 6) is 0. The van der Waals surface area contributed by atoms with E-state index < -0.39 is 0 Å². The van der Waals surface area contributed by atoms with Crippen molar-refractivity contribution in [1.82, 2.24) is 5.32 Å². The Hall–Kier alpha value is -1.60. The lowest BCUT2D eigenvalue weighted by atomic mass is 9.96. The smallest absolute Gasteiger partial charge is 0.0360 e. The summed E-state index contributed by atoms with van der Waals surface area (Å²) in [4.78, 5) is 0. The lowest BCUT2D eigenvalue weighted by molar-refractivity contribution is 0.549. The van der Waals surface area contributed by atoms with Crippen molar-refractivity contribution < 1.29 is 0 Å². The molecular formula is C18H23N. The Labute approximate surface area is 116 Å². The van der Waals surface area contributed by atoms with Gasteiger partial charge in [0.25, 0.3) is 0 Å². The largest absolute Gasteiger partial charge is 0.310 e. The van der Waals surface area contributed by atoms with Crippen molar-refractivity contribution in [2.24, 2.45) is 0 Å². The van der Waals surface area contributed by atoms with Crippen molar-refractivity contribution in [1.29, 1.82) is 0 Å². The SMILES string of the molecule is CCNC(Cc1cc(C)cc(C)c1)c1ccccc1. The molecule has 1 nitrogen and oxygen atoms in total. The Morgan fingerprint density at radius 1 is 0.947 bits per heavy atom. The highest BCUT2D eigenvalue weighted by molar-refractivity contribution is 5.30. The van der Waals surface area contributed by atoms with E-state index in [0.717, 1.165) is 13.0 Å². The van der Waals surface area contributed by atoms with Crippen molar-refractivity contribution in [3.8, 4) is 0 Å². The zero-order chi connectivity index (χ0) is 13.7. The second kappa shape index (κ2) is 6.53. The van der Waals surface area contributed by atoms with Crippen molar-refractivity contribution in [3.05, 3.63) is 70.8 Å². The summed E-state index contributed by atoms with van der Waals surface area (Å²) in [6.45, 7) is 7.49. The Balaban J connectivity index is 2.21. The van der Waals surface area contributed by atoms with Gasteiger partial charge in [-0.25, -0.2) is 0 Å². The molecule has 0 saturated heterocycles. The first-order chi connectivity index (χ1) is 9.19. The van der Waals surface area contributed by atoms with Crippen LogP contribution in [0.25, 0.3) is 0 Å². The molecule has 100 valence electrons. The standard InChI is InChI=1S/C18H23N/c1-4-19-18(17-8-6-5-7-9-17)13-16-11-14(2)10-15(3)12-16/h5-12,18-19H,4,13H2,1-3H3. The van der Waals surface area contributed by atoms with Crippen LogP contribution in [-0.4, -0.2) is 6.54 Å². The third-order valence-corrected chi connectivity index (χ3v) is 3.37. The van der Waals surface area contributed by atoms with Crippen molar-refractivity contribution in [2.45, 2.75) is 33.2 Å². The van der Waals surface area contributed by atoms with Gasteiger partial charge in [-0.1, -0.05) is 66.6 Å². The normalized spacial score (nSPS) is 12.4. The maximum Gasteiger partial charge on any atom is 0.0360 e.